The molecule has 5 nitrogen and oxygen atoms in total. The number of benzene rings is 2. The van der Waals surface area contributed by atoms with Crippen molar-refractivity contribution in [2.45, 2.75) is 12.8 Å². The van der Waals surface area contributed by atoms with Crippen LogP contribution in [0.2, 0.25) is 5.02 Å². The highest BCUT2D eigenvalue weighted by Crippen LogP contribution is 2.37. The highest BCUT2D eigenvalue weighted by atomic mass is 35.5. The third-order valence-corrected chi connectivity index (χ3v) is 6.48. The summed E-state index contributed by atoms with van der Waals surface area (Å²) < 4.78 is 6.12. The lowest BCUT2D eigenvalue weighted by Crippen LogP contribution is -2.27. The summed E-state index contributed by atoms with van der Waals surface area (Å²) in [6, 6.07) is 12.5. The fourth-order valence-corrected chi connectivity index (χ4v) is 4.75. The highest BCUT2D eigenvalue weighted by molar-refractivity contribution is 7.21. The molecule has 0 bridgehead atoms. The molecule has 0 saturated carbocycles. The van der Waals surface area contributed by atoms with Gasteiger partial charge in [0.25, 0.3) is 11.8 Å². The maximum absolute atomic E-state index is 12.7. The van der Waals surface area contributed by atoms with Gasteiger partial charge in [-0.05, 0) is 55.3 Å². The minimum absolute atomic E-state index is 0.0388. The molecule has 1 N–H and O–H groups in total. The number of hydrogen-bond acceptors (Lipinski definition) is 4. The van der Waals surface area contributed by atoms with Gasteiger partial charge in [-0.25, -0.2) is 0 Å². The monoisotopic (exact) mass is 414 g/mol. The summed E-state index contributed by atoms with van der Waals surface area (Å²) in [6.45, 7) is 1.62. The lowest BCUT2D eigenvalue weighted by atomic mass is 10.2. The Balaban J connectivity index is 1.51. The Morgan fingerprint density at radius 3 is 2.50 bits per heavy atom. The molecule has 0 aliphatic carbocycles. The second-order valence-electron chi connectivity index (χ2n) is 6.64. The molecular formula is C21H19ClN2O3S. The number of methoxy groups -OCH3 is 1. The lowest BCUT2D eigenvalue weighted by molar-refractivity contribution is 0.0792. The van der Waals surface area contributed by atoms with Gasteiger partial charge >= 0.3 is 0 Å². The van der Waals surface area contributed by atoms with Gasteiger partial charge in [0.2, 0.25) is 0 Å². The van der Waals surface area contributed by atoms with Crippen molar-refractivity contribution in [1.29, 1.82) is 0 Å². The molecule has 0 unspecified atom stereocenters. The standard InChI is InChI=1S/C21H19ClN2O3S/c1-27-15-8-9-16-17(12-15)28-19(18(16)22)20(25)23-14-6-4-13(5-7-14)21(26)24-10-2-3-11-24/h4-9,12H,2-3,10-11H2,1H3,(H,23,25). The van der Waals surface area contributed by atoms with Gasteiger partial charge in [0.15, 0.2) is 0 Å². The van der Waals surface area contributed by atoms with Crippen molar-refractivity contribution >= 4 is 50.5 Å². The molecule has 1 aliphatic heterocycles. The zero-order chi connectivity index (χ0) is 19.7. The fourth-order valence-electron chi connectivity index (χ4n) is 3.31. The average Bonchev–Trinajstić information content (AvgIpc) is 3.36. The Bertz CT molecular complexity index is 1040. The van der Waals surface area contributed by atoms with Crippen LogP contribution in [0.25, 0.3) is 10.1 Å². The number of carbonyl (C=O) groups excluding carboxylic acids is 2. The maximum atomic E-state index is 12.7. The predicted octanol–water partition coefficient (Wildman–Crippen LogP) is 5.05. The molecule has 2 amide bonds. The first-order chi connectivity index (χ1) is 13.6. The number of likely N-dealkylation sites (tertiary alicyclic amines) is 1. The third kappa shape index (κ3) is 3.57. The molecule has 1 fully saturated rings. The summed E-state index contributed by atoms with van der Waals surface area (Å²) in [4.78, 5) is 27.4. The smallest absolute Gasteiger partial charge is 0.267 e. The molecule has 144 valence electrons. The number of halogens is 1. The van der Waals surface area contributed by atoms with Crippen molar-refractivity contribution in [2.24, 2.45) is 0 Å². The van der Waals surface area contributed by atoms with Crippen LogP contribution in [-0.2, 0) is 0 Å². The Labute approximate surface area is 171 Å². The number of thiophene rings is 1. The van der Waals surface area contributed by atoms with Gasteiger partial charge in [-0.2, -0.15) is 0 Å². The first-order valence-electron chi connectivity index (χ1n) is 9.03. The highest BCUT2D eigenvalue weighted by Gasteiger charge is 2.20. The van der Waals surface area contributed by atoms with E-state index in [-0.39, 0.29) is 11.8 Å². The second-order valence-corrected chi connectivity index (χ2v) is 8.07. The van der Waals surface area contributed by atoms with Gasteiger partial charge in [0, 0.05) is 34.4 Å². The van der Waals surface area contributed by atoms with Gasteiger partial charge < -0.3 is 15.0 Å². The average molecular weight is 415 g/mol. The molecule has 1 aromatic heterocycles. The SMILES string of the molecule is COc1ccc2c(Cl)c(C(=O)Nc3ccc(C(=O)N4CCCC4)cc3)sc2c1. The first kappa shape index (κ1) is 18.8. The molecular weight excluding hydrogens is 396 g/mol. The molecule has 0 radical (unpaired) electrons. The van der Waals surface area contributed by atoms with Crippen LogP contribution in [0.5, 0.6) is 5.75 Å². The molecule has 7 heteroatoms. The number of ether oxygens (including phenoxy) is 1. The van der Waals surface area contributed by atoms with Crippen molar-refractivity contribution in [2.75, 3.05) is 25.5 Å². The summed E-state index contributed by atoms with van der Waals surface area (Å²) >= 11 is 7.73. The Morgan fingerprint density at radius 1 is 1.11 bits per heavy atom. The molecule has 2 aromatic carbocycles. The van der Waals surface area contributed by atoms with E-state index in [1.165, 1.54) is 11.3 Å². The minimum Gasteiger partial charge on any atom is -0.497 e. The Kier molecular flexibility index (Phi) is 5.24. The quantitative estimate of drug-likeness (QED) is 0.649. The van der Waals surface area contributed by atoms with Crippen LogP contribution in [-0.4, -0.2) is 36.9 Å². The van der Waals surface area contributed by atoms with E-state index >= 15 is 0 Å². The number of nitrogens with zero attached hydrogens (tertiary/aromatic N) is 1. The number of rotatable bonds is 4. The van der Waals surface area contributed by atoms with Gasteiger partial charge in [0.05, 0.1) is 12.1 Å². The van der Waals surface area contributed by atoms with Crippen LogP contribution in [0.3, 0.4) is 0 Å². The maximum Gasteiger partial charge on any atom is 0.267 e. The molecule has 1 saturated heterocycles. The van der Waals surface area contributed by atoms with Crippen molar-refractivity contribution in [3.63, 3.8) is 0 Å². The molecule has 3 aromatic rings. The Morgan fingerprint density at radius 2 is 1.82 bits per heavy atom. The summed E-state index contributed by atoms with van der Waals surface area (Å²) in [5.41, 5.74) is 1.25. The predicted molar refractivity (Wildman–Crippen MR) is 113 cm³/mol. The molecule has 0 atom stereocenters. The molecule has 28 heavy (non-hydrogen) atoms. The van der Waals surface area contributed by atoms with E-state index in [1.54, 1.807) is 31.4 Å². The van der Waals surface area contributed by atoms with Gasteiger partial charge in [-0.15, -0.1) is 11.3 Å². The number of nitrogens with one attached hydrogen (secondary N) is 1. The van der Waals surface area contributed by atoms with Crippen LogP contribution in [0, 0.1) is 0 Å². The van der Waals surface area contributed by atoms with Crippen LogP contribution < -0.4 is 10.1 Å². The van der Waals surface area contributed by atoms with E-state index in [0.717, 1.165) is 41.8 Å². The summed E-state index contributed by atoms with van der Waals surface area (Å²) in [6.07, 6.45) is 2.11. The van der Waals surface area contributed by atoms with Crippen molar-refractivity contribution in [1.82, 2.24) is 4.90 Å². The van der Waals surface area contributed by atoms with E-state index in [9.17, 15) is 9.59 Å². The number of anilines is 1. The minimum atomic E-state index is -0.274. The Hall–Kier alpha value is -2.57. The zero-order valence-corrected chi connectivity index (χ0v) is 16.9. The zero-order valence-electron chi connectivity index (χ0n) is 15.3. The van der Waals surface area contributed by atoms with Crippen LogP contribution in [0.15, 0.2) is 42.5 Å². The van der Waals surface area contributed by atoms with E-state index in [4.69, 9.17) is 16.3 Å². The van der Waals surface area contributed by atoms with Crippen molar-refractivity contribution in [3.05, 3.63) is 57.9 Å². The van der Waals surface area contributed by atoms with Gasteiger partial charge in [-0.3, -0.25) is 9.59 Å². The summed E-state index contributed by atoms with van der Waals surface area (Å²) in [5.74, 6) is 0.483. The van der Waals surface area contributed by atoms with E-state index in [1.807, 2.05) is 23.1 Å². The normalized spacial score (nSPS) is 13.7. The first-order valence-corrected chi connectivity index (χ1v) is 10.2. The largest absolute Gasteiger partial charge is 0.497 e. The molecule has 0 spiro atoms. The summed E-state index contributed by atoms with van der Waals surface area (Å²) in [7, 11) is 1.60. The van der Waals surface area contributed by atoms with E-state index < -0.39 is 0 Å². The number of hydrogen-bond donors (Lipinski definition) is 1. The third-order valence-electron chi connectivity index (χ3n) is 4.83. The van der Waals surface area contributed by atoms with Crippen LogP contribution in [0.4, 0.5) is 5.69 Å². The lowest BCUT2D eigenvalue weighted by Gasteiger charge is -2.15. The molecule has 1 aliphatic rings. The molecule has 2 heterocycles. The number of amides is 2. The number of carbonyl (C=O) groups is 2. The fraction of sp³-hybridized carbons (Fsp3) is 0.238. The van der Waals surface area contributed by atoms with E-state index in [2.05, 4.69) is 5.32 Å². The summed E-state index contributed by atoms with van der Waals surface area (Å²) in [5, 5.41) is 4.11. The number of fused-ring (bicyclic) bond motifs is 1. The molecule has 4 rings (SSSR count). The second kappa shape index (κ2) is 7.81. The van der Waals surface area contributed by atoms with Gasteiger partial charge in [-0.1, -0.05) is 11.6 Å². The van der Waals surface area contributed by atoms with Crippen molar-refractivity contribution in [3.8, 4) is 5.75 Å². The van der Waals surface area contributed by atoms with Crippen LogP contribution in [0.1, 0.15) is 32.9 Å². The van der Waals surface area contributed by atoms with E-state index in [0.29, 0.717) is 21.2 Å². The van der Waals surface area contributed by atoms with Crippen molar-refractivity contribution < 1.29 is 14.3 Å². The van der Waals surface area contributed by atoms with Gasteiger partial charge in [0.1, 0.15) is 10.6 Å². The van der Waals surface area contributed by atoms with Crippen LogP contribution >= 0.6 is 22.9 Å². The topological polar surface area (TPSA) is 58.6 Å².